The fraction of sp³-hybridized carbons (Fsp3) is 0.478. The van der Waals surface area contributed by atoms with E-state index in [4.69, 9.17) is 9.72 Å². The molecule has 1 atom stereocenters. The topological polar surface area (TPSA) is 65.6 Å². The van der Waals surface area contributed by atoms with Gasteiger partial charge >= 0.3 is 0 Å². The lowest BCUT2D eigenvalue weighted by Crippen LogP contribution is -2.41. The first-order valence-electron chi connectivity index (χ1n) is 10.6. The van der Waals surface area contributed by atoms with Crippen LogP contribution in [0.5, 0.6) is 0 Å². The molecule has 0 saturated carbocycles. The van der Waals surface area contributed by atoms with Crippen LogP contribution in [0.2, 0.25) is 0 Å². The molecule has 0 aliphatic carbocycles. The van der Waals surface area contributed by atoms with Gasteiger partial charge in [0.1, 0.15) is 11.9 Å². The maximum Gasteiger partial charge on any atom is 0.157 e. The Morgan fingerprint density at radius 3 is 2.83 bits per heavy atom. The molecule has 3 aromatic rings. The van der Waals surface area contributed by atoms with Crippen LogP contribution in [0, 0.1) is 24.2 Å². The van der Waals surface area contributed by atoms with Gasteiger partial charge in [-0.3, -0.25) is 4.40 Å². The third-order valence-electron chi connectivity index (χ3n) is 6.36. The molecule has 0 spiro atoms. The first kappa shape index (κ1) is 18.4. The number of anilines is 1. The molecule has 2 saturated heterocycles. The van der Waals surface area contributed by atoms with E-state index in [1.807, 2.05) is 25.1 Å². The number of imidazole rings is 1. The molecule has 6 nitrogen and oxygen atoms in total. The highest BCUT2D eigenvalue weighted by Gasteiger charge is 2.25. The third kappa shape index (κ3) is 3.45. The number of ether oxygens (including phenoxy) is 1. The van der Waals surface area contributed by atoms with Crippen LogP contribution in [0.25, 0.3) is 16.7 Å². The lowest BCUT2D eigenvalue weighted by molar-refractivity contribution is 0.154. The lowest BCUT2D eigenvalue weighted by Gasteiger charge is -2.34. The van der Waals surface area contributed by atoms with Gasteiger partial charge in [0.2, 0.25) is 0 Å². The largest absolute Gasteiger partial charge is 0.381 e. The number of nitrogens with one attached hydrogen (secondary N) is 1. The summed E-state index contributed by atoms with van der Waals surface area (Å²) >= 11 is 0. The molecular weight excluding hydrogens is 362 g/mol. The number of pyridine rings is 1. The summed E-state index contributed by atoms with van der Waals surface area (Å²) in [6, 6.07) is 13.0. The van der Waals surface area contributed by atoms with Crippen molar-refractivity contribution in [2.45, 2.75) is 32.2 Å². The average molecular weight is 390 g/mol. The van der Waals surface area contributed by atoms with Gasteiger partial charge in [0.25, 0.3) is 0 Å². The molecular formula is C23H27N5O. The molecule has 4 heterocycles. The SMILES string of the molecule is Cc1cc(NC2CCN(CC3CCOC3)CC2)n2c(nc3ccccc32)c1C#N. The number of aromatic nitrogens is 2. The number of nitriles is 1. The van der Waals surface area contributed by atoms with Gasteiger partial charge in [-0.2, -0.15) is 5.26 Å². The Balaban J connectivity index is 1.39. The molecule has 6 heteroatoms. The van der Waals surface area contributed by atoms with Gasteiger partial charge in [-0.1, -0.05) is 12.1 Å². The Kier molecular flexibility index (Phi) is 4.86. The number of fused-ring (bicyclic) bond motifs is 3. The molecule has 1 N–H and O–H groups in total. The van der Waals surface area contributed by atoms with Crippen molar-refractivity contribution in [3.8, 4) is 6.07 Å². The highest BCUT2D eigenvalue weighted by Crippen LogP contribution is 2.28. The van der Waals surface area contributed by atoms with Crippen molar-refractivity contribution < 1.29 is 4.74 Å². The van der Waals surface area contributed by atoms with E-state index in [-0.39, 0.29) is 0 Å². The zero-order valence-electron chi connectivity index (χ0n) is 16.9. The van der Waals surface area contributed by atoms with E-state index in [1.54, 1.807) is 0 Å². The van der Waals surface area contributed by atoms with Crippen LogP contribution in [-0.2, 0) is 4.74 Å². The highest BCUT2D eigenvalue weighted by molar-refractivity contribution is 5.85. The van der Waals surface area contributed by atoms with Crippen LogP contribution in [-0.4, -0.2) is 53.2 Å². The number of hydrogen-bond acceptors (Lipinski definition) is 5. The number of nitrogens with zero attached hydrogens (tertiary/aromatic N) is 4. The van der Waals surface area contributed by atoms with Gasteiger partial charge in [-0.25, -0.2) is 4.98 Å². The van der Waals surface area contributed by atoms with Crippen LogP contribution >= 0.6 is 0 Å². The zero-order chi connectivity index (χ0) is 19.8. The smallest absolute Gasteiger partial charge is 0.157 e. The van der Waals surface area contributed by atoms with Crippen molar-refractivity contribution in [2.75, 3.05) is 38.2 Å². The maximum atomic E-state index is 9.66. The van der Waals surface area contributed by atoms with Crippen LogP contribution < -0.4 is 5.32 Å². The van der Waals surface area contributed by atoms with Crippen molar-refractivity contribution in [3.05, 3.63) is 41.5 Å². The molecule has 0 amide bonds. The summed E-state index contributed by atoms with van der Waals surface area (Å²) in [6.45, 7) is 7.26. The summed E-state index contributed by atoms with van der Waals surface area (Å²) in [4.78, 5) is 7.34. The summed E-state index contributed by atoms with van der Waals surface area (Å²) in [6.07, 6.45) is 3.45. The van der Waals surface area contributed by atoms with Crippen molar-refractivity contribution in [1.82, 2.24) is 14.3 Å². The fourth-order valence-corrected chi connectivity index (χ4v) is 4.76. The molecule has 150 valence electrons. The first-order chi connectivity index (χ1) is 14.2. The van der Waals surface area contributed by atoms with Crippen LogP contribution in [0.4, 0.5) is 5.82 Å². The molecule has 0 radical (unpaired) electrons. The zero-order valence-corrected chi connectivity index (χ0v) is 16.9. The van der Waals surface area contributed by atoms with Crippen molar-refractivity contribution >= 4 is 22.5 Å². The number of rotatable bonds is 4. The number of hydrogen-bond donors (Lipinski definition) is 1. The minimum Gasteiger partial charge on any atom is -0.381 e. The van der Waals surface area contributed by atoms with Crippen molar-refractivity contribution in [1.29, 1.82) is 5.26 Å². The monoisotopic (exact) mass is 389 g/mol. The molecule has 2 fully saturated rings. The average Bonchev–Trinajstić information content (AvgIpc) is 3.37. The second-order valence-corrected chi connectivity index (χ2v) is 8.41. The Bertz CT molecular complexity index is 1070. The summed E-state index contributed by atoms with van der Waals surface area (Å²) < 4.78 is 7.64. The van der Waals surface area contributed by atoms with Crippen LogP contribution in [0.3, 0.4) is 0 Å². The Hall–Kier alpha value is -2.62. The van der Waals surface area contributed by atoms with Gasteiger partial charge in [0, 0.05) is 32.3 Å². The first-order valence-corrected chi connectivity index (χ1v) is 10.6. The highest BCUT2D eigenvalue weighted by atomic mass is 16.5. The second-order valence-electron chi connectivity index (χ2n) is 8.41. The molecule has 5 rings (SSSR count). The van der Waals surface area contributed by atoms with E-state index in [1.165, 1.54) is 13.0 Å². The number of aryl methyl sites for hydroxylation is 1. The molecule has 2 aromatic heterocycles. The van der Waals surface area contributed by atoms with Crippen LogP contribution in [0.15, 0.2) is 30.3 Å². The summed E-state index contributed by atoms with van der Waals surface area (Å²) in [5, 5.41) is 13.4. The van der Waals surface area contributed by atoms with Gasteiger partial charge in [0.05, 0.1) is 23.2 Å². The lowest BCUT2D eigenvalue weighted by atomic mass is 10.0. The Morgan fingerprint density at radius 2 is 2.07 bits per heavy atom. The second kappa shape index (κ2) is 7.66. The van der Waals surface area contributed by atoms with E-state index in [0.29, 0.717) is 17.5 Å². The molecule has 29 heavy (non-hydrogen) atoms. The van der Waals surface area contributed by atoms with Gasteiger partial charge < -0.3 is 15.0 Å². The van der Waals surface area contributed by atoms with Gasteiger partial charge in [0.15, 0.2) is 5.65 Å². The van der Waals surface area contributed by atoms with E-state index < -0.39 is 0 Å². The van der Waals surface area contributed by atoms with Gasteiger partial charge in [-0.15, -0.1) is 0 Å². The van der Waals surface area contributed by atoms with Crippen molar-refractivity contribution in [2.24, 2.45) is 5.92 Å². The number of benzene rings is 1. The van der Waals surface area contributed by atoms with Gasteiger partial charge in [-0.05, 0) is 55.9 Å². The number of likely N-dealkylation sites (tertiary alicyclic amines) is 1. The van der Waals surface area contributed by atoms with E-state index >= 15 is 0 Å². The predicted molar refractivity (Wildman–Crippen MR) is 114 cm³/mol. The minimum absolute atomic E-state index is 0.433. The number of piperidine rings is 1. The molecule has 1 unspecified atom stereocenters. The summed E-state index contributed by atoms with van der Waals surface area (Å²) in [5.41, 5.74) is 4.33. The van der Waals surface area contributed by atoms with Crippen LogP contribution in [0.1, 0.15) is 30.4 Å². The van der Waals surface area contributed by atoms with E-state index in [2.05, 4.69) is 32.8 Å². The predicted octanol–water partition coefficient (Wildman–Crippen LogP) is 3.58. The number of para-hydroxylation sites is 2. The van der Waals surface area contributed by atoms with E-state index in [0.717, 1.165) is 67.2 Å². The molecule has 0 bridgehead atoms. The normalized spacial score (nSPS) is 21.0. The van der Waals surface area contributed by atoms with E-state index in [9.17, 15) is 5.26 Å². The summed E-state index contributed by atoms with van der Waals surface area (Å²) in [7, 11) is 0. The minimum atomic E-state index is 0.433. The third-order valence-corrected chi connectivity index (χ3v) is 6.36. The van der Waals surface area contributed by atoms with Crippen molar-refractivity contribution in [3.63, 3.8) is 0 Å². The summed E-state index contributed by atoms with van der Waals surface area (Å²) in [5.74, 6) is 1.74. The fourth-order valence-electron chi connectivity index (χ4n) is 4.76. The Labute approximate surface area is 171 Å². The maximum absolute atomic E-state index is 9.66. The molecule has 1 aromatic carbocycles. The Morgan fingerprint density at radius 1 is 1.24 bits per heavy atom. The quantitative estimate of drug-likeness (QED) is 0.739. The standard InChI is InChI=1S/C23H27N5O/c1-16-12-22(25-18-6-9-27(10-7-18)14-17-8-11-29-15-17)28-21-5-3-2-4-20(21)26-23(28)19(16)13-24/h2-5,12,17-18,25H,6-11,14-15H2,1H3. The molecule has 2 aliphatic heterocycles. The molecule has 2 aliphatic rings.